The molecule has 0 aliphatic heterocycles. The van der Waals surface area contributed by atoms with Gasteiger partial charge < -0.3 is 11.1 Å². The van der Waals surface area contributed by atoms with Crippen LogP contribution in [-0.2, 0) is 14.8 Å². The Hall–Kier alpha value is -1.10. The van der Waals surface area contributed by atoms with Crippen molar-refractivity contribution in [3.63, 3.8) is 0 Å². The molecule has 118 valence electrons. The third-order valence-corrected chi connectivity index (χ3v) is 6.14. The smallest absolute Gasteiger partial charge is 0.270 e. The van der Waals surface area contributed by atoms with Crippen LogP contribution in [0, 0.1) is 5.92 Å². The van der Waals surface area contributed by atoms with Gasteiger partial charge in [0.2, 0.25) is 15.4 Å². The Morgan fingerprint density at radius 1 is 1.43 bits per heavy atom. The average molecular weight is 333 g/mol. The van der Waals surface area contributed by atoms with Crippen molar-refractivity contribution in [2.75, 3.05) is 11.9 Å². The highest BCUT2D eigenvalue weighted by Gasteiger charge is 2.30. The number of carbonyl (C=O) groups excluding carboxylic acids is 1. The molecule has 1 aromatic rings. The number of anilines is 1. The van der Waals surface area contributed by atoms with E-state index in [1.165, 1.54) is 6.92 Å². The van der Waals surface area contributed by atoms with Gasteiger partial charge in [0.05, 0.1) is 0 Å². The molecule has 21 heavy (non-hydrogen) atoms. The van der Waals surface area contributed by atoms with Gasteiger partial charge in [0.25, 0.3) is 10.0 Å². The molecule has 2 rings (SSSR count). The lowest BCUT2D eigenvalue weighted by molar-refractivity contribution is -0.114. The van der Waals surface area contributed by atoms with Crippen molar-refractivity contribution in [1.29, 1.82) is 0 Å². The molecule has 1 aromatic heterocycles. The number of hydrogen-bond donors (Lipinski definition) is 3. The zero-order valence-electron chi connectivity index (χ0n) is 11.7. The molecule has 0 radical (unpaired) electrons. The molecule has 0 spiro atoms. The van der Waals surface area contributed by atoms with Crippen LogP contribution in [0.25, 0.3) is 0 Å². The number of nitrogens with two attached hydrogens (primary N) is 1. The lowest BCUT2D eigenvalue weighted by Crippen LogP contribution is -2.44. The molecular weight excluding hydrogens is 314 g/mol. The van der Waals surface area contributed by atoms with Crippen LogP contribution < -0.4 is 15.8 Å². The number of aromatic nitrogens is 2. The third kappa shape index (κ3) is 4.19. The highest BCUT2D eigenvalue weighted by atomic mass is 32.2. The molecule has 1 aliphatic carbocycles. The highest BCUT2D eigenvalue weighted by Crippen LogP contribution is 2.28. The molecule has 1 heterocycles. The Labute approximate surface area is 127 Å². The Bertz CT molecular complexity index is 595. The van der Waals surface area contributed by atoms with Crippen molar-refractivity contribution >= 4 is 32.4 Å². The van der Waals surface area contributed by atoms with Gasteiger partial charge in [-0.2, -0.15) is 0 Å². The number of hydrogen-bond acceptors (Lipinski definition) is 7. The summed E-state index contributed by atoms with van der Waals surface area (Å²) in [6, 6.07) is -0.286. The summed E-state index contributed by atoms with van der Waals surface area (Å²) in [5.41, 5.74) is 5.69. The second kappa shape index (κ2) is 6.77. The third-order valence-electron chi connectivity index (χ3n) is 3.45. The van der Waals surface area contributed by atoms with E-state index in [1.807, 2.05) is 0 Å². The van der Waals surface area contributed by atoms with Gasteiger partial charge >= 0.3 is 0 Å². The van der Waals surface area contributed by atoms with Crippen molar-refractivity contribution in [3.8, 4) is 0 Å². The van der Waals surface area contributed by atoms with Gasteiger partial charge in [-0.25, -0.2) is 13.1 Å². The molecule has 0 aromatic carbocycles. The summed E-state index contributed by atoms with van der Waals surface area (Å²) >= 11 is 0.818. The first-order valence-corrected chi connectivity index (χ1v) is 9.06. The molecule has 1 fully saturated rings. The number of rotatable bonds is 6. The molecule has 1 saturated carbocycles. The average Bonchev–Trinajstić information content (AvgIpc) is 3.06. The normalized spacial score (nSPS) is 17.8. The zero-order valence-corrected chi connectivity index (χ0v) is 13.3. The predicted octanol–water partition coefficient (Wildman–Crippen LogP) is 0.292. The summed E-state index contributed by atoms with van der Waals surface area (Å²) < 4.78 is 27.0. The van der Waals surface area contributed by atoms with Gasteiger partial charge in [-0.15, -0.1) is 10.2 Å². The van der Waals surface area contributed by atoms with E-state index in [0.29, 0.717) is 0 Å². The minimum Gasteiger partial charge on any atom is -0.329 e. The van der Waals surface area contributed by atoms with E-state index < -0.39 is 10.0 Å². The van der Waals surface area contributed by atoms with Crippen molar-refractivity contribution in [3.05, 3.63) is 0 Å². The van der Waals surface area contributed by atoms with Crippen molar-refractivity contribution in [2.45, 2.75) is 43.0 Å². The van der Waals surface area contributed by atoms with Crippen LogP contribution in [0.3, 0.4) is 0 Å². The minimum atomic E-state index is -3.76. The van der Waals surface area contributed by atoms with Gasteiger partial charge in [-0.1, -0.05) is 24.2 Å². The number of amides is 1. The fourth-order valence-electron chi connectivity index (χ4n) is 2.47. The van der Waals surface area contributed by atoms with Gasteiger partial charge in [-0.05, 0) is 18.8 Å². The Kier molecular flexibility index (Phi) is 5.25. The maximum absolute atomic E-state index is 12.3. The number of carbonyl (C=O) groups is 1. The summed E-state index contributed by atoms with van der Waals surface area (Å²) in [5, 5.41) is 9.83. The Balaban J connectivity index is 2.09. The maximum atomic E-state index is 12.3. The number of sulfonamides is 1. The molecule has 0 saturated heterocycles. The molecule has 1 atom stereocenters. The molecule has 10 heteroatoms. The predicted molar refractivity (Wildman–Crippen MR) is 79.3 cm³/mol. The monoisotopic (exact) mass is 333 g/mol. The fourth-order valence-corrected chi connectivity index (χ4v) is 4.75. The molecule has 8 nitrogen and oxygen atoms in total. The van der Waals surface area contributed by atoms with E-state index >= 15 is 0 Å². The van der Waals surface area contributed by atoms with Crippen LogP contribution in [0.5, 0.6) is 0 Å². The second-order valence-electron chi connectivity index (χ2n) is 5.06. The summed E-state index contributed by atoms with van der Waals surface area (Å²) in [7, 11) is -3.76. The van der Waals surface area contributed by atoms with Crippen molar-refractivity contribution in [2.24, 2.45) is 11.7 Å². The van der Waals surface area contributed by atoms with Gasteiger partial charge in [0, 0.05) is 19.5 Å². The van der Waals surface area contributed by atoms with Crippen LogP contribution in [0.2, 0.25) is 0 Å². The zero-order chi connectivity index (χ0) is 15.5. The van der Waals surface area contributed by atoms with Crippen LogP contribution in [0.15, 0.2) is 4.34 Å². The van der Waals surface area contributed by atoms with Gasteiger partial charge in [0.15, 0.2) is 0 Å². The van der Waals surface area contributed by atoms with Crippen LogP contribution >= 0.6 is 11.3 Å². The van der Waals surface area contributed by atoms with E-state index in [0.717, 1.165) is 37.0 Å². The van der Waals surface area contributed by atoms with Crippen molar-refractivity contribution in [1.82, 2.24) is 14.9 Å². The topological polar surface area (TPSA) is 127 Å². The van der Waals surface area contributed by atoms with E-state index in [9.17, 15) is 13.2 Å². The fraction of sp³-hybridized carbons (Fsp3) is 0.727. The van der Waals surface area contributed by atoms with E-state index in [4.69, 9.17) is 5.73 Å². The summed E-state index contributed by atoms with van der Waals surface area (Å²) in [6.45, 7) is 1.57. The second-order valence-corrected chi connectivity index (χ2v) is 7.93. The first kappa shape index (κ1) is 16.3. The largest absolute Gasteiger partial charge is 0.329 e. The van der Waals surface area contributed by atoms with E-state index in [1.54, 1.807) is 0 Å². The van der Waals surface area contributed by atoms with Gasteiger partial charge in [-0.3, -0.25) is 4.79 Å². The highest BCUT2D eigenvalue weighted by molar-refractivity contribution is 7.91. The molecule has 0 bridgehead atoms. The SMILES string of the molecule is CC(=O)Nc1nnc(S(=O)(=O)NC(CN)C2CCCC2)s1. The number of nitrogens with zero attached hydrogens (tertiary/aromatic N) is 2. The quantitative estimate of drug-likeness (QED) is 0.642. The lowest BCUT2D eigenvalue weighted by Gasteiger charge is -2.22. The van der Waals surface area contributed by atoms with Crippen LogP contribution in [-0.4, -0.2) is 37.1 Å². The van der Waals surface area contributed by atoms with Crippen molar-refractivity contribution < 1.29 is 13.2 Å². The molecule has 1 aliphatic rings. The maximum Gasteiger partial charge on any atom is 0.270 e. The number of nitrogens with one attached hydrogen (secondary N) is 2. The van der Waals surface area contributed by atoms with E-state index in [-0.39, 0.29) is 33.9 Å². The lowest BCUT2D eigenvalue weighted by atomic mass is 9.99. The molecular formula is C11H19N5O3S2. The van der Waals surface area contributed by atoms with E-state index in [2.05, 4.69) is 20.2 Å². The molecule has 1 amide bonds. The summed E-state index contributed by atoms with van der Waals surface area (Å²) in [4.78, 5) is 10.9. The standard InChI is InChI=1S/C11H19N5O3S2/c1-7(17)13-10-14-15-11(20-10)21(18,19)16-9(6-12)8-4-2-3-5-8/h8-9,16H,2-6,12H2,1H3,(H,13,14,17). The Morgan fingerprint density at radius 2 is 2.10 bits per heavy atom. The van der Waals surface area contributed by atoms with Crippen LogP contribution in [0.4, 0.5) is 5.13 Å². The molecule has 1 unspecified atom stereocenters. The first-order valence-electron chi connectivity index (χ1n) is 6.76. The summed E-state index contributed by atoms with van der Waals surface area (Å²) in [5.74, 6) is -0.0543. The Morgan fingerprint density at radius 3 is 2.67 bits per heavy atom. The first-order chi connectivity index (χ1) is 9.92. The molecule has 4 N–H and O–H groups in total. The van der Waals surface area contributed by atoms with Crippen LogP contribution in [0.1, 0.15) is 32.6 Å². The minimum absolute atomic E-state index is 0.160. The summed E-state index contributed by atoms with van der Waals surface area (Å²) in [6.07, 6.45) is 4.18. The van der Waals surface area contributed by atoms with Gasteiger partial charge in [0.1, 0.15) is 0 Å².